The summed E-state index contributed by atoms with van der Waals surface area (Å²) < 4.78 is 75.3. The smallest absolute Gasteiger partial charge is 0.325 e. The van der Waals surface area contributed by atoms with Crippen LogP contribution in [0, 0.1) is 19.8 Å². The Bertz CT molecular complexity index is 515. The molecule has 0 saturated heterocycles. The summed E-state index contributed by atoms with van der Waals surface area (Å²) in [4.78, 5) is 11.4. The lowest BCUT2D eigenvalue weighted by Gasteiger charge is -2.23. The molecular weight excluding hydrogens is 368 g/mol. The molecule has 0 aromatic heterocycles. The highest BCUT2D eigenvalue weighted by Gasteiger charge is 2.61. The molecule has 118 valence electrons. The Morgan fingerprint density at radius 1 is 1.05 bits per heavy atom. The van der Waals surface area contributed by atoms with Gasteiger partial charge in [0, 0.05) is 10.2 Å². The molecule has 1 amide bonds. The van der Waals surface area contributed by atoms with Crippen molar-refractivity contribution in [2.75, 3.05) is 5.32 Å². The van der Waals surface area contributed by atoms with Crippen molar-refractivity contribution in [3.8, 4) is 0 Å². The van der Waals surface area contributed by atoms with Crippen LogP contribution in [0.5, 0.6) is 0 Å². The van der Waals surface area contributed by atoms with Crippen LogP contribution in [-0.2, 0) is 4.79 Å². The molecule has 1 aromatic rings. The van der Waals surface area contributed by atoms with Crippen molar-refractivity contribution >= 4 is 27.5 Å². The highest BCUT2D eigenvalue weighted by atomic mass is 79.9. The zero-order chi connectivity index (χ0) is 16.6. The third kappa shape index (κ3) is 4.36. The summed E-state index contributed by atoms with van der Waals surface area (Å²) in [5, 5.41) is 1.72. The van der Waals surface area contributed by atoms with Gasteiger partial charge in [-0.1, -0.05) is 15.9 Å². The number of hydrogen-bond acceptors (Lipinski definition) is 1. The fourth-order valence-corrected chi connectivity index (χ4v) is 2.47. The number of halogens is 7. The predicted octanol–water partition coefficient (Wildman–Crippen LogP) is 4.75. The zero-order valence-electron chi connectivity index (χ0n) is 10.8. The van der Waals surface area contributed by atoms with Gasteiger partial charge in [0.05, 0.1) is 0 Å². The van der Waals surface area contributed by atoms with E-state index in [1.54, 1.807) is 5.32 Å². The Morgan fingerprint density at radius 3 is 1.76 bits per heavy atom. The molecule has 0 aliphatic rings. The lowest BCUT2D eigenvalue weighted by Crippen LogP contribution is -2.45. The molecular formula is C12H10BrF6NO. The quantitative estimate of drug-likeness (QED) is 0.740. The average molecular weight is 378 g/mol. The molecule has 0 aliphatic heterocycles. The first-order valence-corrected chi connectivity index (χ1v) is 6.34. The second kappa shape index (κ2) is 5.86. The minimum Gasteiger partial charge on any atom is -0.325 e. The van der Waals surface area contributed by atoms with Gasteiger partial charge in [-0.3, -0.25) is 4.79 Å². The van der Waals surface area contributed by atoms with Crippen molar-refractivity contribution in [3.05, 3.63) is 27.7 Å². The lowest BCUT2D eigenvalue weighted by molar-refractivity contribution is -0.272. The van der Waals surface area contributed by atoms with E-state index in [1.807, 2.05) is 0 Å². The van der Waals surface area contributed by atoms with Crippen molar-refractivity contribution in [1.29, 1.82) is 0 Å². The summed E-state index contributed by atoms with van der Waals surface area (Å²) in [7, 11) is 0. The van der Waals surface area contributed by atoms with Crippen LogP contribution in [0.1, 0.15) is 11.1 Å². The van der Waals surface area contributed by atoms with Gasteiger partial charge in [-0.25, -0.2) is 0 Å². The second-order valence-electron chi connectivity index (χ2n) is 4.42. The summed E-state index contributed by atoms with van der Waals surface area (Å²) in [6.45, 7) is 2.92. The van der Waals surface area contributed by atoms with Crippen molar-refractivity contribution in [2.45, 2.75) is 26.2 Å². The fraction of sp³-hybridized carbons (Fsp3) is 0.417. The number of benzene rings is 1. The van der Waals surface area contributed by atoms with Crippen LogP contribution in [0.15, 0.2) is 16.6 Å². The summed E-state index contributed by atoms with van der Waals surface area (Å²) >= 11 is 3.13. The van der Waals surface area contributed by atoms with Gasteiger partial charge in [-0.05, 0) is 37.1 Å². The van der Waals surface area contributed by atoms with Crippen molar-refractivity contribution < 1.29 is 31.1 Å². The van der Waals surface area contributed by atoms with Crippen LogP contribution < -0.4 is 5.32 Å². The van der Waals surface area contributed by atoms with Crippen LogP contribution >= 0.6 is 15.9 Å². The third-order valence-electron chi connectivity index (χ3n) is 2.66. The van der Waals surface area contributed by atoms with E-state index in [0.29, 0.717) is 15.6 Å². The number of nitrogens with one attached hydrogen (secondary N) is 1. The molecule has 1 aromatic carbocycles. The molecule has 9 heteroatoms. The Labute approximate surface area is 124 Å². The summed E-state index contributed by atoms with van der Waals surface area (Å²) in [5.74, 6) is -6.21. The van der Waals surface area contributed by atoms with E-state index in [4.69, 9.17) is 0 Å². The van der Waals surface area contributed by atoms with E-state index in [-0.39, 0.29) is 5.69 Å². The molecule has 21 heavy (non-hydrogen) atoms. The minimum atomic E-state index is -5.71. The highest BCUT2D eigenvalue weighted by Crippen LogP contribution is 2.40. The van der Waals surface area contributed by atoms with E-state index in [9.17, 15) is 31.1 Å². The second-order valence-corrected chi connectivity index (χ2v) is 5.34. The number of carbonyl (C=O) groups is 1. The lowest BCUT2D eigenvalue weighted by atomic mass is 10.1. The first kappa shape index (κ1) is 17.8. The Morgan fingerprint density at radius 2 is 1.43 bits per heavy atom. The van der Waals surface area contributed by atoms with Crippen molar-refractivity contribution in [2.24, 2.45) is 5.92 Å². The van der Waals surface area contributed by atoms with E-state index >= 15 is 0 Å². The van der Waals surface area contributed by atoms with Gasteiger partial charge in [-0.2, -0.15) is 26.3 Å². The summed E-state index contributed by atoms with van der Waals surface area (Å²) in [5.41, 5.74) is 0.623. The number of hydrogen-bond donors (Lipinski definition) is 1. The van der Waals surface area contributed by atoms with E-state index in [2.05, 4.69) is 15.9 Å². The van der Waals surface area contributed by atoms with Gasteiger partial charge in [0.25, 0.3) is 0 Å². The first-order chi connectivity index (χ1) is 9.34. The highest BCUT2D eigenvalue weighted by molar-refractivity contribution is 9.10. The molecule has 0 spiro atoms. The Kier molecular flexibility index (Phi) is 4.97. The maximum atomic E-state index is 12.4. The molecule has 0 bridgehead atoms. The van der Waals surface area contributed by atoms with Gasteiger partial charge < -0.3 is 5.32 Å². The third-order valence-corrected chi connectivity index (χ3v) is 3.12. The Hall–Kier alpha value is -1.25. The number of carbonyl (C=O) groups excluding carboxylic acids is 1. The van der Waals surface area contributed by atoms with Gasteiger partial charge in [0.15, 0.2) is 0 Å². The normalized spacial score (nSPS) is 12.7. The van der Waals surface area contributed by atoms with Gasteiger partial charge in [-0.15, -0.1) is 0 Å². The minimum absolute atomic E-state index is 0.0679. The van der Waals surface area contributed by atoms with Crippen molar-refractivity contribution in [1.82, 2.24) is 0 Å². The topological polar surface area (TPSA) is 29.1 Å². The van der Waals surface area contributed by atoms with Crippen LogP contribution in [-0.4, -0.2) is 18.3 Å². The number of alkyl halides is 6. The first-order valence-electron chi connectivity index (χ1n) is 5.55. The molecule has 0 atom stereocenters. The molecule has 0 aliphatic carbocycles. The molecule has 0 radical (unpaired) electrons. The number of amides is 1. The summed E-state index contributed by atoms with van der Waals surface area (Å²) in [6, 6.07) is 2.94. The zero-order valence-corrected chi connectivity index (χ0v) is 12.4. The molecule has 0 unspecified atom stereocenters. The number of aryl methyl sites for hydroxylation is 2. The van der Waals surface area contributed by atoms with Crippen LogP contribution in [0.4, 0.5) is 32.0 Å². The van der Waals surface area contributed by atoms with Crippen LogP contribution in [0.25, 0.3) is 0 Å². The van der Waals surface area contributed by atoms with E-state index in [0.717, 1.165) is 0 Å². The van der Waals surface area contributed by atoms with E-state index < -0.39 is 24.2 Å². The molecule has 1 N–H and O–H groups in total. The monoisotopic (exact) mass is 377 g/mol. The fourth-order valence-electron chi connectivity index (χ4n) is 1.79. The maximum Gasteiger partial charge on any atom is 0.409 e. The van der Waals surface area contributed by atoms with Crippen molar-refractivity contribution in [3.63, 3.8) is 0 Å². The van der Waals surface area contributed by atoms with Gasteiger partial charge in [0.2, 0.25) is 11.8 Å². The largest absolute Gasteiger partial charge is 0.409 e. The van der Waals surface area contributed by atoms with Crippen LogP contribution in [0.3, 0.4) is 0 Å². The predicted molar refractivity (Wildman–Crippen MR) is 67.8 cm³/mol. The molecule has 0 heterocycles. The van der Waals surface area contributed by atoms with E-state index in [1.165, 1.54) is 26.0 Å². The molecule has 0 saturated carbocycles. The maximum absolute atomic E-state index is 12.4. The summed E-state index contributed by atoms with van der Waals surface area (Å²) in [6.07, 6.45) is -11.4. The number of anilines is 1. The average Bonchev–Trinajstić information content (AvgIpc) is 2.18. The molecule has 2 nitrogen and oxygen atoms in total. The van der Waals surface area contributed by atoms with Crippen LogP contribution in [0.2, 0.25) is 0 Å². The standard InChI is InChI=1S/C12H10BrF6NO/c1-5-3-7(13)4-6(2)8(5)20-10(21)9(11(14,15)16)12(17,18)19/h3-4,9H,1-2H3,(H,20,21). The number of rotatable bonds is 2. The van der Waals surface area contributed by atoms with Gasteiger partial charge >= 0.3 is 12.4 Å². The Balaban J connectivity index is 3.15. The molecule has 0 fully saturated rings. The van der Waals surface area contributed by atoms with Gasteiger partial charge in [0.1, 0.15) is 0 Å². The molecule has 1 rings (SSSR count). The SMILES string of the molecule is Cc1cc(Br)cc(C)c1NC(=O)C(C(F)(F)F)C(F)(F)F.